The highest BCUT2D eigenvalue weighted by molar-refractivity contribution is 6.07. The van der Waals surface area contributed by atoms with E-state index in [9.17, 15) is 0 Å². The van der Waals surface area contributed by atoms with Crippen molar-refractivity contribution >= 4 is 16.7 Å². The van der Waals surface area contributed by atoms with Crippen LogP contribution in [0.15, 0.2) is 64.4 Å². The molecular weight excluding hydrogens is 278 g/mol. The number of fused-ring (bicyclic) bond motifs is 1. The second-order valence-corrected chi connectivity index (χ2v) is 5.23. The Hall–Kier alpha value is -2.75. The highest BCUT2D eigenvalue weighted by Crippen LogP contribution is 2.36. The first-order chi connectivity index (χ1) is 10.9. The number of ether oxygens (including phenoxy) is 1. The van der Waals surface area contributed by atoms with E-state index in [-0.39, 0.29) is 6.10 Å². The van der Waals surface area contributed by atoms with Gasteiger partial charge < -0.3 is 14.0 Å². The summed E-state index contributed by atoms with van der Waals surface area (Å²) in [6, 6.07) is 15.9. The van der Waals surface area contributed by atoms with Crippen LogP contribution in [-0.2, 0) is 4.84 Å². The van der Waals surface area contributed by atoms with E-state index in [2.05, 4.69) is 17.3 Å². The van der Waals surface area contributed by atoms with Crippen LogP contribution in [0.25, 0.3) is 11.0 Å². The third kappa shape index (κ3) is 2.04. The quantitative estimate of drug-likeness (QED) is 0.723. The first kappa shape index (κ1) is 13.0. The Labute approximate surface area is 127 Å². The lowest BCUT2D eigenvalue weighted by molar-refractivity contribution is 0.0857. The fourth-order valence-corrected chi connectivity index (χ4v) is 2.85. The summed E-state index contributed by atoms with van der Waals surface area (Å²) in [5.74, 6) is 0.780. The van der Waals surface area contributed by atoms with Crippen LogP contribution in [0, 0.1) is 0 Å². The molecule has 4 heteroatoms. The monoisotopic (exact) mass is 293 g/mol. The minimum Gasteiger partial charge on any atom is -0.495 e. The molecule has 2 heterocycles. The maximum atomic E-state index is 5.61. The minimum absolute atomic E-state index is 0.0408. The second-order valence-electron chi connectivity index (χ2n) is 5.23. The van der Waals surface area contributed by atoms with Crippen LogP contribution in [0.4, 0.5) is 0 Å². The Morgan fingerprint density at radius 3 is 2.77 bits per heavy atom. The lowest BCUT2D eigenvalue weighted by Gasteiger charge is -2.09. The molecule has 0 saturated heterocycles. The van der Waals surface area contributed by atoms with Gasteiger partial charge in [0.2, 0.25) is 0 Å². The average molecular weight is 293 g/mol. The van der Waals surface area contributed by atoms with Crippen molar-refractivity contribution in [2.75, 3.05) is 7.11 Å². The predicted molar refractivity (Wildman–Crippen MR) is 84.2 cm³/mol. The van der Waals surface area contributed by atoms with E-state index in [4.69, 9.17) is 14.0 Å². The van der Waals surface area contributed by atoms with Gasteiger partial charge in [0, 0.05) is 12.0 Å². The van der Waals surface area contributed by atoms with Crippen LogP contribution in [0.2, 0.25) is 0 Å². The van der Waals surface area contributed by atoms with E-state index in [0.29, 0.717) is 0 Å². The van der Waals surface area contributed by atoms with Crippen molar-refractivity contribution in [3.05, 3.63) is 65.9 Å². The summed E-state index contributed by atoms with van der Waals surface area (Å²) in [6.45, 7) is 0. The fourth-order valence-electron chi connectivity index (χ4n) is 2.85. The topological polar surface area (TPSA) is 44.0 Å². The van der Waals surface area contributed by atoms with Crippen molar-refractivity contribution in [1.82, 2.24) is 0 Å². The SMILES string of the molecule is COc1c(C2=NOC(c3ccccc3)C2)ccc2occc12. The maximum Gasteiger partial charge on any atom is 0.158 e. The lowest BCUT2D eigenvalue weighted by Crippen LogP contribution is -2.03. The number of nitrogens with zero attached hydrogens (tertiary/aromatic N) is 1. The summed E-state index contributed by atoms with van der Waals surface area (Å²) in [7, 11) is 1.66. The van der Waals surface area contributed by atoms with E-state index < -0.39 is 0 Å². The number of benzene rings is 2. The van der Waals surface area contributed by atoms with Gasteiger partial charge in [-0.05, 0) is 23.8 Å². The van der Waals surface area contributed by atoms with Crippen LogP contribution in [0.1, 0.15) is 23.7 Å². The van der Waals surface area contributed by atoms with E-state index in [0.717, 1.165) is 40.0 Å². The molecule has 1 unspecified atom stereocenters. The molecule has 0 radical (unpaired) electrons. The van der Waals surface area contributed by atoms with Gasteiger partial charge in [-0.3, -0.25) is 0 Å². The summed E-state index contributed by atoms with van der Waals surface area (Å²) < 4.78 is 11.0. The molecule has 110 valence electrons. The van der Waals surface area contributed by atoms with Crippen molar-refractivity contribution in [2.24, 2.45) is 5.16 Å². The number of methoxy groups -OCH3 is 1. The third-order valence-electron chi connectivity index (χ3n) is 3.94. The van der Waals surface area contributed by atoms with Crippen LogP contribution in [-0.4, -0.2) is 12.8 Å². The first-order valence-corrected chi connectivity index (χ1v) is 7.19. The summed E-state index contributed by atoms with van der Waals surface area (Å²) in [6.07, 6.45) is 2.35. The van der Waals surface area contributed by atoms with Crippen molar-refractivity contribution in [2.45, 2.75) is 12.5 Å². The summed E-state index contributed by atoms with van der Waals surface area (Å²) in [5.41, 5.74) is 3.79. The molecular formula is C18H15NO3. The van der Waals surface area contributed by atoms with Crippen LogP contribution in [0.3, 0.4) is 0 Å². The molecule has 3 aromatic rings. The molecule has 0 fully saturated rings. The van der Waals surface area contributed by atoms with Crippen molar-refractivity contribution < 1.29 is 14.0 Å². The Morgan fingerprint density at radius 2 is 1.95 bits per heavy atom. The molecule has 0 amide bonds. The van der Waals surface area contributed by atoms with Gasteiger partial charge in [-0.1, -0.05) is 35.5 Å². The Kier molecular flexibility index (Phi) is 3.07. The predicted octanol–water partition coefficient (Wildman–Crippen LogP) is 4.31. The Bertz CT molecular complexity index is 836. The number of oxime groups is 1. The van der Waals surface area contributed by atoms with Gasteiger partial charge in [0.25, 0.3) is 0 Å². The molecule has 0 bridgehead atoms. The molecule has 1 aliphatic rings. The summed E-state index contributed by atoms with van der Waals surface area (Å²) >= 11 is 0. The normalized spacial score (nSPS) is 17.3. The molecule has 1 atom stereocenters. The van der Waals surface area contributed by atoms with E-state index in [1.165, 1.54) is 0 Å². The fraction of sp³-hybridized carbons (Fsp3) is 0.167. The van der Waals surface area contributed by atoms with Crippen LogP contribution < -0.4 is 4.74 Å². The molecule has 0 saturated carbocycles. The van der Waals surface area contributed by atoms with E-state index in [1.807, 2.05) is 36.4 Å². The largest absolute Gasteiger partial charge is 0.495 e. The van der Waals surface area contributed by atoms with Crippen LogP contribution in [0.5, 0.6) is 5.75 Å². The maximum absolute atomic E-state index is 5.61. The number of furan rings is 1. The highest BCUT2D eigenvalue weighted by Gasteiger charge is 2.26. The average Bonchev–Trinajstić information content (AvgIpc) is 3.23. The van der Waals surface area contributed by atoms with Gasteiger partial charge in [0.15, 0.2) is 6.10 Å². The van der Waals surface area contributed by atoms with Crippen molar-refractivity contribution in [3.63, 3.8) is 0 Å². The molecule has 0 aliphatic carbocycles. The van der Waals surface area contributed by atoms with Crippen LogP contribution >= 0.6 is 0 Å². The lowest BCUT2D eigenvalue weighted by atomic mass is 9.99. The van der Waals surface area contributed by atoms with Gasteiger partial charge in [-0.25, -0.2) is 0 Å². The van der Waals surface area contributed by atoms with Gasteiger partial charge in [-0.2, -0.15) is 0 Å². The molecule has 0 spiro atoms. The first-order valence-electron chi connectivity index (χ1n) is 7.19. The van der Waals surface area contributed by atoms with Gasteiger partial charge in [0.05, 0.1) is 24.5 Å². The number of hydrogen-bond donors (Lipinski definition) is 0. The number of rotatable bonds is 3. The van der Waals surface area contributed by atoms with Crippen molar-refractivity contribution in [1.29, 1.82) is 0 Å². The second kappa shape index (κ2) is 5.22. The summed E-state index contributed by atoms with van der Waals surface area (Å²) in [4.78, 5) is 5.61. The standard InChI is InChI=1S/C18H15NO3/c1-20-18-13(7-8-16-14(18)9-10-21-16)15-11-17(22-19-15)12-5-3-2-4-6-12/h2-10,17H,11H2,1H3. The summed E-state index contributed by atoms with van der Waals surface area (Å²) in [5, 5.41) is 5.22. The van der Waals surface area contributed by atoms with Crippen molar-refractivity contribution in [3.8, 4) is 5.75 Å². The van der Waals surface area contributed by atoms with Gasteiger partial charge in [0.1, 0.15) is 11.3 Å². The van der Waals surface area contributed by atoms with Gasteiger partial charge >= 0.3 is 0 Å². The van der Waals surface area contributed by atoms with E-state index >= 15 is 0 Å². The third-order valence-corrected chi connectivity index (χ3v) is 3.94. The smallest absolute Gasteiger partial charge is 0.158 e. The highest BCUT2D eigenvalue weighted by atomic mass is 16.6. The Balaban J connectivity index is 1.69. The zero-order valence-corrected chi connectivity index (χ0v) is 12.2. The molecule has 4 rings (SSSR count). The zero-order valence-electron chi connectivity index (χ0n) is 12.2. The van der Waals surface area contributed by atoms with Gasteiger partial charge in [-0.15, -0.1) is 0 Å². The minimum atomic E-state index is -0.0408. The Morgan fingerprint density at radius 1 is 1.09 bits per heavy atom. The molecule has 4 nitrogen and oxygen atoms in total. The molecule has 1 aliphatic heterocycles. The molecule has 2 aromatic carbocycles. The zero-order chi connectivity index (χ0) is 14.9. The number of hydrogen-bond acceptors (Lipinski definition) is 4. The molecule has 0 N–H and O–H groups in total. The van der Waals surface area contributed by atoms with E-state index in [1.54, 1.807) is 13.4 Å². The molecule has 1 aromatic heterocycles. The molecule has 22 heavy (non-hydrogen) atoms.